The van der Waals surface area contributed by atoms with Crippen LogP contribution in [0.5, 0.6) is 0 Å². The Morgan fingerprint density at radius 3 is 2.27 bits per heavy atom. The van der Waals surface area contributed by atoms with E-state index in [1.165, 1.54) is 0 Å². The van der Waals surface area contributed by atoms with E-state index in [0.29, 0.717) is 19.6 Å². The molecule has 12 heteroatoms. The van der Waals surface area contributed by atoms with E-state index in [9.17, 15) is 25.5 Å². The number of aliphatic hydroxyl groups is 5. The minimum atomic E-state index is -1.45. The molecule has 0 aromatic rings. The van der Waals surface area contributed by atoms with E-state index in [1.54, 1.807) is 14.0 Å². The second-order valence-electron chi connectivity index (χ2n) is 11.4. The summed E-state index contributed by atoms with van der Waals surface area (Å²) in [6.07, 6.45) is -7.67. The number of aliphatic hydroxyl groups excluding tert-OH is 5. The van der Waals surface area contributed by atoms with Gasteiger partial charge in [-0.1, -0.05) is 33.6 Å². The Bertz CT molecular complexity index is 715. The van der Waals surface area contributed by atoms with Crippen LogP contribution in [0.3, 0.4) is 0 Å². The lowest BCUT2D eigenvalue weighted by Crippen LogP contribution is -2.63. The first kappa shape index (κ1) is 34.0. The van der Waals surface area contributed by atoms with Crippen molar-refractivity contribution in [2.45, 2.75) is 146 Å². The van der Waals surface area contributed by atoms with Crippen molar-refractivity contribution in [1.29, 1.82) is 0 Å². The molecule has 236 valence electrons. The van der Waals surface area contributed by atoms with Gasteiger partial charge in [0.2, 0.25) is 0 Å². The zero-order valence-electron chi connectivity index (χ0n) is 24.5. The molecule has 0 amide bonds. The summed E-state index contributed by atoms with van der Waals surface area (Å²) < 4.78 is 42.6. The molecule has 40 heavy (non-hydrogen) atoms. The Labute approximate surface area is 237 Å². The van der Waals surface area contributed by atoms with E-state index >= 15 is 0 Å². The topological polar surface area (TPSA) is 166 Å². The average molecular weight is 581 g/mol. The molecule has 3 aliphatic rings. The van der Waals surface area contributed by atoms with Crippen LogP contribution in [0.1, 0.15) is 66.2 Å². The highest BCUT2D eigenvalue weighted by Gasteiger charge is 2.50. The summed E-state index contributed by atoms with van der Waals surface area (Å²) >= 11 is 0. The lowest BCUT2D eigenvalue weighted by Gasteiger charge is -2.47. The largest absolute Gasteiger partial charge is 0.394 e. The molecule has 0 aromatic carbocycles. The molecule has 0 spiro atoms. The summed E-state index contributed by atoms with van der Waals surface area (Å²) in [6, 6.07) is 0. The van der Waals surface area contributed by atoms with Crippen molar-refractivity contribution >= 4 is 0 Å². The highest BCUT2D eigenvalue weighted by molar-refractivity contribution is 4.94. The van der Waals surface area contributed by atoms with Gasteiger partial charge in [0.05, 0.1) is 37.6 Å². The van der Waals surface area contributed by atoms with E-state index in [2.05, 4.69) is 0 Å². The van der Waals surface area contributed by atoms with Crippen LogP contribution in [0.2, 0.25) is 0 Å². The Morgan fingerprint density at radius 1 is 0.875 bits per heavy atom. The molecule has 0 radical (unpaired) electrons. The number of hydrogen-bond donors (Lipinski definition) is 5. The second kappa shape index (κ2) is 16.4. The Kier molecular flexibility index (Phi) is 13.9. The van der Waals surface area contributed by atoms with Crippen LogP contribution in [0, 0.1) is 5.92 Å². The third-order valence-electron chi connectivity index (χ3n) is 8.28. The molecule has 0 saturated carbocycles. The van der Waals surface area contributed by atoms with E-state index in [0.717, 1.165) is 32.1 Å². The van der Waals surface area contributed by atoms with Crippen LogP contribution in [-0.2, 0) is 33.2 Å². The lowest BCUT2D eigenvalue weighted by molar-refractivity contribution is -0.350. The molecule has 0 bridgehead atoms. The van der Waals surface area contributed by atoms with Crippen LogP contribution in [0.15, 0.2) is 0 Å². The fourth-order valence-electron chi connectivity index (χ4n) is 5.64. The molecule has 3 aliphatic heterocycles. The maximum Gasteiger partial charge on any atom is 0.187 e. The standard InChI is InChI=1S/C28H52O12/c1-6-10-18(24(15(3)7-2)40-27-23(33)22(32)20(30)16(4)36-27)38-28-26-25(21(31)19(13-29)39-28)37-17(14-34-5)11-8-9-12-35-26/h15-33H,6-14H2,1-5H3. The van der Waals surface area contributed by atoms with E-state index in [1.807, 2.05) is 20.8 Å². The summed E-state index contributed by atoms with van der Waals surface area (Å²) in [5.41, 5.74) is 0. The summed E-state index contributed by atoms with van der Waals surface area (Å²) in [5.74, 6) is -0.0472. The van der Waals surface area contributed by atoms with Gasteiger partial charge in [0.25, 0.3) is 0 Å². The maximum atomic E-state index is 11.1. The molecule has 0 aliphatic carbocycles. The summed E-state index contributed by atoms with van der Waals surface area (Å²) in [7, 11) is 1.60. The summed E-state index contributed by atoms with van der Waals surface area (Å²) in [5, 5.41) is 52.2. The molecule has 14 unspecified atom stereocenters. The smallest absolute Gasteiger partial charge is 0.187 e. The van der Waals surface area contributed by atoms with E-state index < -0.39 is 80.2 Å². The van der Waals surface area contributed by atoms with Gasteiger partial charge in [0, 0.05) is 13.7 Å². The summed E-state index contributed by atoms with van der Waals surface area (Å²) in [6.45, 7) is 7.98. The van der Waals surface area contributed by atoms with Gasteiger partial charge in [0.15, 0.2) is 12.6 Å². The number of fused-ring (bicyclic) bond motifs is 1. The molecule has 3 heterocycles. The molecule has 14 atom stereocenters. The van der Waals surface area contributed by atoms with E-state index in [4.69, 9.17) is 33.2 Å². The molecular weight excluding hydrogens is 528 g/mol. The molecule has 12 nitrogen and oxygen atoms in total. The van der Waals surface area contributed by atoms with Gasteiger partial charge in [-0.3, -0.25) is 0 Å². The fraction of sp³-hybridized carbons (Fsp3) is 1.00. The van der Waals surface area contributed by atoms with Gasteiger partial charge >= 0.3 is 0 Å². The molecule has 3 rings (SSSR count). The predicted octanol–water partition coefficient (Wildman–Crippen LogP) is 0.478. The van der Waals surface area contributed by atoms with Crippen LogP contribution in [0.4, 0.5) is 0 Å². The van der Waals surface area contributed by atoms with Crippen molar-refractivity contribution in [2.75, 3.05) is 26.9 Å². The lowest BCUT2D eigenvalue weighted by atomic mass is 9.93. The van der Waals surface area contributed by atoms with Crippen molar-refractivity contribution < 1.29 is 58.7 Å². The third-order valence-corrected chi connectivity index (χ3v) is 8.28. The molecule has 3 fully saturated rings. The number of hydrogen-bond acceptors (Lipinski definition) is 12. The SMILES string of the molecule is CCCC(OC1OC(CO)C(O)C2OC(COC)CCCCOC12)C(OC1OC(C)C(O)C(O)C1O)C(C)CC. The van der Waals surface area contributed by atoms with E-state index in [-0.39, 0.29) is 12.0 Å². The molecule has 3 saturated heterocycles. The average Bonchev–Trinajstić information content (AvgIpc) is 3.05. The summed E-state index contributed by atoms with van der Waals surface area (Å²) in [4.78, 5) is 0. The van der Waals surface area contributed by atoms with Crippen molar-refractivity contribution in [3.05, 3.63) is 0 Å². The molecular formula is C28H52O12. The van der Waals surface area contributed by atoms with Crippen LogP contribution in [-0.4, -0.2) is 132 Å². The third kappa shape index (κ3) is 8.33. The fourth-order valence-corrected chi connectivity index (χ4v) is 5.64. The predicted molar refractivity (Wildman–Crippen MR) is 142 cm³/mol. The second-order valence-corrected chi connectivity index (χ2v) is 11.4. The van der Waals surface area contributed by atoms with Crippen molar-refractivity contribution in [2.24, 2.45) is 5.92 Å². The zero-order valence-corrected chi connectivity index (χ0v) is 24.5. The Morgan fingerprint density at radius 2 is 1.62 bits per heavy atom. The minimum absolute atomic E-state index is 0.0472. The van der Waals surface area contributed by atoms with Crippen LogP contribution >= 0.6 is 0 Å². The van der Waals surface area contributed by atoms with Gasteiger partial charge in [-0.05, 0) is 38.5 Å². The minimum Gasteiger partial charge on any atom is -0.394 e. The molecule has 0 aromatic heterocycles. The van der Waals surface area contributed by atoms with Gasteiger partial charge in [0.1, 0.15) is 42.7 Å². The normalized spacial score (nSPS) is 41.7. The zero-order chi connectivity index (χ0) is 29.4. The van der Waals surface area contributed by atoms with Gasteiger partial charge in [-0.25, -0.2) is 0 Å². The van der Waals surface area contributed by atoms with Crippen LogP contribution in [0.25, 0.3) is 0 Å². The van der Waals surface area contributed by atoms with Gasteiger partial charge in [-0.15, -0.1) is 0 Å². The quantitative estimate of drug-likeness (QED) is 0.217. The Hall–Kier alpha value is -0.480. The molecule has 5 N–H and O–H groups in total. The van der Waals surface area contributed by atoms with Crippen molar-refractivity contribution in [3.8, 4) is 0 Å². The van der Waals surface area contributed by atoms with Crippen molar-refractivity contribution in [3.63, 3.8) is 0 Å². The monoisotopic (exact) mass is 580 g/mol. The first-order valence-electron chi connectivity index (χ1n) is 14.9. The number of methoxy groups -OCH3 is 1. The van der Waals surface area contributed by atoms with Crippen molar-refractivity contribution in [1.82, 2.24) is 0 Å². The first-order valence-corrected chi connectivity index (χ1v) is 14.9. The first-order chi connectivity index (χ1) is 19.2. The highest BCUT2D eigenvalue weighted by Crippen LogP contribution is 2.34. The van der Waals surface area contributed by atoms with Gasteiger partial charge in [-0.2, -0.15) is 0 Å². The number of ether oxygens (including phenoxy) is 7. The maximum absolute atomic E-state index is 11.1. The number of rotatable bonds is 12. The highest BCUT2D eigenvalue weighted by atomic mass is 16.7. The Balaban J connectivity index is 1.87. The van der Waals surface area contributed by atoms with Crippen LogP contribution < -0.4 is 0 Å². The van der Waals surface area contributed by atoms with Gasteiger partial charge < -0.3 is 58.7 Å².